The van der Waals surface area contributed by atoms with Gasteiger partial charge in [-0.15, -0.1) is 0 Å². The molecule has 1 aromatic carbocycles. The van der Waals surface area contributed by atoms with Crippen LogP contribution in [0.15, 0.2) is 23.1 Å². The molecule has 0 aliphatic carbocycles. The van der Waals surface area contributed by atoms with Gasteiger partial charge in [-0.1, -0.05) is 6.07 Å². The molecular weight excluding hydrogens is 277 g/mol. The van der Waals surface area contributed by atoms with E-state index in [0.29, 0.717) is 6.07 Å². The van der Waals surface area contributed by atoms with Gasteiger partial charge in [0.2, 0.25) is 0 Å². The van der Waals surface area contributed by atoms with E-state index in [1.54, 1.807) is 0 Å². The summed E-state index contributed by atoms with van der Waals surface area (Å²) in [6.45, 7) is 0. The van der Waals surface area contributed by atoms with Crippen molar-refractivity contribution < 1.29 is 57.4 Å². The van der Waals surface area contributed by atoms with Crippen LogP contribution >= 0.6 is 0 Å². The van der Waals surface area contributed by atoms with Gasteiger partial charge in [0.05, 0.1) is 16.2 Å². The molecular formula is C8H6NNaO7S. The van der Waals surface area contributed by atoms with Crippen molar-refractivity contribution in [3.63, 3.8) is 0 Å². The summed E-state index contributed by atoms with van der Waals surface area (Å²) in [5.74, 6) is -1.30. The Morgan fingerprint density at radius 2 is 1.94 bits per heavy atom. The van der Waals surface area contributed by atoms with Crippen LogP contribution in [0.4, 0.5) is 5.69 Å². The molecule has 92 valence electrons. The summed E-state index contributed by atoms with van der Waals surface area (Å²) in [5, 5.41) is 19.1. The van der Waals surface area contributed by atoms with Crippen LogP contribution < -0.4 is 29.6 Å². The molecule has 0 spiro atoms. The molecule has 18 heavy (non-hydrogen) atoms. The minimum absolute atomic E-state index is 0. The zero-order valence-electron chi connectivity index (χ0n) is 9.19. The molecule has 0 radical (unpaired) electrons. The minimum atomic E-state index is -4.81. The molecule has 0 amide bonds. The van der Waals surface area contributed by atoms with Gasteiger partial charge in [0.25, 0.3) is 5.69 Å². The molecule has 0 bridgehead atoms. The van der Waals surface area contributed by atoms with Gasteiger partial charge < -0.3 is 9.66 Å². The fraction of sp³-hybridized carbons (Fsp3) is 0.125. The maximum Gasteiger partial charge on any atom is 1.00 e. The standard InChI is InChI=1S/C8H7NO7S.Na/c10-8(11)3-5-1-2-6(17(14,15)16)4-7(5)9(12)13;/h1-2,4H,3H2,(H,10,11)(H,14,15,16);/q;+1/p-1. The molecule has 0 atom stereocenters. The molecule has 0 aliphatic heterocycles. The second-order valence-electron chi connectivity index (χ2n) is 3.07. The summed E-state index contributed by atoms with van der Waals surface area (Å²) in [5.41, 5.74) is -0.876. The minimum Gasteiger partial charge on any atom is -0.744 e. The number of aliphatic carboxylic acids is 1. The number of carboxylic acid groups (broad SMARTS) is 1. The Bertz CT molecular complexity index is 583. The molecule has 1 rings (SSSR count). The predicted octanol–water partition coefficient (Wildman–Crippen LogP) is -2.87. The third-order valence-corrected chi connectivity index (χ3v) is 2.72. The summed E-state index contributed by atoms with van der Waals surface area (Å²) in [7, 11) is -4.81. The van der Waals surface area contributed by atoms with Gasteiger partial charge in [0.1, 0.15) is 10.1 Å². The van der Waals surface area contributed by atoms with E-state index in [1.165, 1.54) is 0 Å². The van der Waals surface area contributed by atoms with Crippen molar-refractivity contribution in [1.29, 1.82) is 0 Å². The van der Waals surface area contributed by atoms with E-state index in [2.05, 4.69) is 0 Å². The monoisotopic (exact) mass is 283 g/mol. The van der Waals surface area contributed by atoms with Crippen molar-refractivity contribution in [3.05, 3.63) is 33.9 Å². The second kappa shape index (κ2) is 6.25. The molecule has 0 aromatic heterocycles. The Hall–Kier alpha value is -1.000. The molecule has 0 aliphatic rings. The normalized spacial score (nSPS) is 10.5. The van der Waals surface area contributed by atoms with E-state index < -0.39 is 38.0 Å². The van der Waals surface area contributed by atoms with Crippen LogP contribution in [-0.4, -0.2) is 29.0 Å². The van der Waals surface area contributed by atoms with Crippen LogP contribution in [0.25, 0.3) is 0 Å². The van der Waals surface area contributed by atoms with Crippen molar-refractivity contribution >= 4 is 21.8 Å². The Kier molecular flexibility index (Phi) is 5.90. The number of carbonyl (C=O) groups is 1. The number of nitrogens with zero attached hydrogens (tertiary/aromatic N) is 1. The van der Waals surface area contributed by atoms with Crippen LogP contribution in [0.1, 0.15) is 5.56 Å². The number of rotatable bonds is 4. The zero-order valence-corrected chi connectivity index (χ0v) is 12.0. The first-order chi connectivity index (χ1) is 7.71. The molecule has 0 heterocycles. The number of benzene rings is 1. The molecule has 0 unspecified atom stereocenters. The van der Waals surface area contributed by atoms with Crippen LogP contribution in [0.3, 0.4) is 0 Å². The Balaban J connectivity index is 0.00000289. The van der Waals surface area contributed by atoms with E-state index in [-0.39, 0.29) is 35.1 Å². The Morgan fingerprint density at radius 1 is 1.39 bits per heavy atom. The first kappa shape index (κ1) is 17.0. The van der Waals surface area contributed by atoms with Crippen molar-refractivity contribution in [2.24, 2.45) is 0 Å². The largest absolute Gasteiger partial charge is 1.00 e. The van der Waals surface area contributed by atoms with Crippen LogP contribution in [0.5, 0.6) is 0 Å². The zero-order chi connectivity index (χ0) is 13.2. The van der Waals surface area contributed by atoms with Crippen molar-refractivity contribution in [1.82, 2.24) is 0 Å². The predicted molar refractivity (Wildman–Crippen MR) is 52.4 cm³/mol. The van der Waals surface area contributed by atoms with Crippen molar-refractivity contribution in [2.45, 2.75) is 11.3 Å². The summed E-state index contributed by atoms with van der Waals surface area (Å²) in [6.07, 6.45) is -0.629. The average Bonchev–Trinajstić information content (AvgIpc) is 2.15. The first-order valence-electron chi connectivity index (χ1n) is 4.17. The van der Waals surface area contributed by atoms with E-state index in [9.17, 15) is 27.9 Å². The fourth-order valence-electron chi connectivity index (χ4n) is 1.18. The van der Waals surface area contributed by atoms with E-state index in [0.717, 1.165) is 12.1 Å². The second-order valence-corrected chi connectivity index (χ2v) is 4.45. The quantitative estimate of drug-likeness (QED) is 0.271. The van der Waals surface area contributed by atoms with Gasteiger partial charge in [-0.05, 0) is 6.07 Å². The number of hydrogen-bond donors (Lipinski definition) is 1. The van der Waals surface area contributed by atoms with Crippen LogP contribution in [0, 0.1) is 10.1 Å². The molecule has 1 N–H and O–H groups in total. The number of nitro groups is 1. The first-order valence-corrected chi connectivity index (χ1v) is 5.57. The van der Waals surface area contributed by atoms with E-state index in [1.807, 2.05) is 0 Å². The number of hydrogen-bond acceptors (Lipinski definition) is 6. The molecule has 8 nitrogen and oxygen atoms in total. The topological polar surface area (TPSA) is 138 Å². The van der Waals surface area contributed by atoms with E-state index >= 15 is 0 Å². The van der Waals surface area contributed by atoms with Gasteiger partial charge in [0, 0.05) is 11.6 Å². The van der Waals surface area contributed by atoms with Crippen molar-refractivity contribution in [2.75, 3.05) is 0 Å². The number of carboxylic acids is 1. The smallest absolute Gasteiger partial charge is 0.744 e. The fourth-order valence-corrected chi connectivity index (χ4v) is 1.67. The molecule has 0 fully saturated rings. The Labute approximate surface area is 124 Å². The van der Waals surface area contributed by atoms with Gasteiger partial charge in [-0.3, -0.25) is 14.9 Å². The molecule has 1 aromatic rings. The molecule has 0 saturated heterocycles. The summed E-state index contributed by atoms with van der Waals surface area (Å²) in [4.78, 5) is 19.3. The summed E-state index contributed by atoms with van der Waals surface area (Å²) < 4.78 is 31.9. The average molecular weight is 283 g/mol. The third kappa shape index (κ3) is 4.35. The van der Waals surface area contributed by atoms with Gasteiger partial charge in [-0.25, -0.2) is 8.42 Å². The maximum absolute atomic E-state index is 10.6. The Morgan fingerprint density at radius 3 is 2.33 bits per heavy atom. The maximum atomic E-state index is 10.6. The number of nitro benzene ring substituents is 1. The summed E-state index contributed by atoms with van der Waals surface area (Å²) >= 11 is 0. The van der Waals surface area contributed by atoms with Crippen LogP contribution in [-0.2, 0) is 21.3 Å². The molecule has 0 saturated carbocycles. The SMILES string of the molecule is O=C(O)Cc1ccc(S(=O)(=O)[O-])cc1[N+](=O)[O-].[Na+]. The third-order valence-electron chi connectivity index (χ3n) is 1.88. The molecule has 10 heteroatoms. The van der Waals surface area contributed by atoms with Gasteiger partial charge in [-0.2, -0.15) is 0 Å². The van der Waals surface area contributed by atoms with Crippen LogP contribution in [0.2, 0.25) is 0 Å². The van der Waals surface area contributed by atoms with E-state index in [4.69, 9.17) is 5.11 Å². The van der Waals surface area contributed by atoms with Gasteiger partial charge in [0.15, 0.2) is 0 Å². The van der Waals surface area contributed by atoms with Crippen molar-refractivity contribution in [3.8, 4) is 0 Å². The van der Waals surface area contributed by atoms with Gasteiger partial charge >= 0.3 is 35.5 Å². The summed E-state index contributed by atoms with van der Waals surface area (Å²) in [6, 6.07) is 2.34.